The number of rotatable bonds is 18. The van der Waals surface area contributed by atoms with Crippen LogP contribution in [0.4, 0.5) is 15.9 Å². The molecule has 4 atom stereocenters. The SMILES string of the molecule is CN[C@@H](C)C(=O)N[C@H](C(=O)N1Cc2cc(OCCOCCOCCC(=O)NCCn3nc(C#N)c4c3CN(C)C(=O)c3ccc(F)cc3[C@H]3CCCN3c3cc-4cnc3N)ccc2C[C@H]1C(N)=O)C(C)(C)C. The zero-order valence-electron chi connectivity index (χ0n) is 41.8. The number of carbonyl (C=O) groups excluding carboxylic acids is 5. The zero-order chi connectivity index (χ0) is 51.9. The average molecular weight is 993 g/mol. The summed E-state index contributed by atoms with van der Waals surface area (Å²) in [4.78, 5) is 75.9. The molecule has 20 nitrogen and oxygen atoms in total. The Balaban J connectivity index is 0.875. The van der Waals surface area contributed by atoms with E-state index in [2.05, 4.69) is 32.1 Å². The molecule has 7 rings (SSSR count). The molecule has 5 amide bonds. The number of amides is 5. The van der Waals surface area contributed by atoms with E-state index in [-0.39, 0.29) is 107 Å². The van der Waals surface area contributed by atoms with Gasteiger partial charge < -0.3 is 56.3 Å². The molecule has 0 spiro atoms. The van der Waals surface area contributed by atoms with Gasteiger partial charge in [0.15, 0.2) is 5.69 Å². The van der Waals surface area contributed by atoms with Crippen LogP contribution in [0.5, 0.6) is 5.75 Å². The Labute approximate surface area is 418 Å². The Morgan fingerprint density at radius 1 is 1.01 bits per heavy atom. The van der Waals surface area contributed by atoms with Gasteiger partial charge in [0.25, 0.3) is 5.91 Å². The monoisotopic (exact) mass is 993 g/mol. The molecule has 5 heterocycles. The Kier molecular flexibility index (Phi) is 16.8. The second kappa shape index (κ2) is 22.9. The average Bonchev–Trinajstić information content (AvgIpc) is 3.98. The maximum absolute atomic E-state index is 14.8. The third-order valence-electron chi connectivity index (χ3n) is 13.4. The first-order valence-corrected chi connectivity index (χ1v) is 24.2. The number of benzene rings is 2. The molecule has 3 aliphatic rings. The van der Waals surface area contributed by atoms with Crippen LogP contribution in [0.25, 0.3) is 11.1 Å². The van der Waals surface area contributed by atoms with E-state index in [1.165, 1.54) is 28.0 Å². The highest BCUT2D eigenvalue weighted by atomic mass is 19.1. The maximum atomic E-state index is 14.8. The summed E-state index contributed by atoms with van der Waals surface area (Å²) < 4.78 is 33.7. The fourth-order valence-corrected chi connectivity index (χ4v) is 9.38. The number of ether oxygens (including phenoxy) is 3. The molecule has 21 heteroatoms. The van der Waals surface area contributed by atoms with Crippen LogP contribution in [0.15, 0.2) is 48.7 Å². The minimum absolute atomic E-state index is 0.0550. The molecule has 1 saturated heterocycles. The van der Waals surface area contributed by atoms with Crippen molar-refractivity contribution < 1.29 is 42.6 Å². The number of aromatic nitrogens is 3. The minimum Gasteiger partial charge on any atom is -0.491 e. The fourth-order valence-electron chi connectivity index (χ4n) is 9.38. The summed E-state index contributed by atoms with van der Waals surface area (Å²) in [5.41, 5.74) is 16.6. The summed E-state index contributed by atoms with van der Waals surface area (Å²) >= 11 is 0. The first-order chi connectivity index (χ1) is 34.4. The lowest BCUT2D eigenvalue weighted by atomic mass is 9.84. The number of likely N-dealkylation sites (N-methyl/N-ethyl adjacent to an activating group) is 1. The number of nitrogens with zero attached hydrogens (tertiary/aromatic N) is 7. The molecule has 0 unspecified atom stereocenters. The van der Waals surface area contributed by atoms with Gasteiger partial charge >= 0.3 is 0 Å². The standard InChI is InChI=1S/C51H65FN12O8/c1-30(56-5)48(67)59-45(51(2,3)4)50(69)63-28-33-22-35(11-9-31(33)23-41(63)47(55)66)72-21-20-71-19-18-70-17-13-43(65)57-14-16-64-42-29-61(6)49(68)36-12-10-34(52)25-37(36)39-8-7-15-62(39)40-24-32(27-58-46(40)54)44(42)38(26-53)60-64/h9-12,22,24-25,27,30,39,41,45,56H,7-8,13-21,23,28-29H2,1-6H3,(H2,54,58)(H2,55,66)(H,57,65)(H,59,67)/t30-,39+,41-,45+/m0/s1. The molecule has 3 aliphatic heterocycles. The molecule has 384 valence electrons. The highest BCUT2D eigenvalue weighted by Gasteiger charge is 2.42. The van der Waals surface area contributed by atoms with Crippen molar-refractivity contribution in [1.82, 2.24) is 40.5 Å². The number of nitrogen functional groups attached to an aromatic ring is 1. The quantitative estimate of drug-likeness (QED) is 0.0899. The van der Waals surface area contributed by atoms with Gasteiger partial charge in [-0.15, -0.1) is 0 Å². The van der Waals surface area contributed by atoms with Crippen molar-refractivity contribution in [2.75, 3.05) is 70.9 Å². The van der Waals surface area contributed by atoms with E-state index < -0.39 is 41.2 Å². The molecular formula is C51H65FN12O8. The number of pyridine rings is 1. The van der Waals surface area contributed by atoms with Gasteiger partial charge in [-0.25, -0.2) is 9.37 Å². The van der Waals surface area contributed by atoms with Crippen molar-refractivity contribution in [1.29, 1.82) is 5.26 Å². The van der Waals surface area contributed by atoms with Crippen molar-refractivity contribution in [3.63, 3.8) is 0 Å². The first-order valence-electron chi connectivity index (χ1n) is 24.2. The van der Waals surface area contributed by atoms with E-state index >= 15 is 0 Å². The van der Waals surface area contributed by atoms with E-state index in [4.69, 9.17) is 25.7 Å². The molecule has 2 aromatic carbocycles. The lowest BCUT2D eigenvalue weighted by molar-refractivity contribution is -0.146. The minimum atomic E-state index is -0.907. The van der Waals surface area contributed by atoms with Crippen LogP contribution >= 0.6 is 0 Å². The molecule has 0 radical (unpaired) electrons. The smallest absolute Gasteiger partial charge is 0.254 e. The lowest BCUT2D eigenvalue weighted by Crippen LogP contribution is -2.61. The number of nitrogens with one attached hydrogen (secondary N) is 3. The Hall–Kier alpha value is -7.15. The Morgan fingerprint density at radius 2 is 1.76 bits per heavy atom. The highest BCUT2D eigenvalue weighted by molar-refractivity contribution is 5.96. The van der Waals surface area contributed by atoms with Crippen molar-refractivity contribution in [3.05, 3.63) is 88.1 Å². The third kappa shape index (κ3) is 11.9. The fraction of sp³-hybridized carbons (Fsp3) is 0.490. The van der Waals surface area contributed by atoms with Gasteiger partial charge in [-0.05, 0) is 85.3 Å². The van der Waals surface area contributed by atoms with E-state index in [1.54, 1.807) is 38.0 Å². The Bertz CT molecular complexity index is 2720. The molecule has 0 aliphatic carbocycles. The van der Waals surface area contributed by atoms with Crippen molar-refractivity contribution >= 4 is 41.0 Å². The highest BCUT2D eigenvalue weighted by Crippen LogP contribution is 2.43. The number of nitrogens with two attached hydrogens (primary N) is 2. The second-order valence-corrected chi connectivity index (χ2v) is 19.4. The number of anilines is 2. The molecular weight excluding hydrogens is 928 g/mol. The molecule has 72 heavy (non-hydrogen) atoms. The van der Waals surface area contributed by atoms with Gasteiger partial charge in [-0.3, -0.25) is 28.7 Å². The van der Waals surface area contributed by atoms with Crippen LogP contribution in [0.3, 0.4) is 0 Å². The van der Waals surface area contributed by atoms with Crippen molar-refractivity contribution in [3.8, 4) is 22.9 Å². The molecule has 4 aromatic rings. The number of carbonyl (C=O) groups is 5. The molecule has 0 saturated carbocycles. The first kappa shape index (κ1) is 52.7. The van der Waals surface area contributed by atoms with Crippen LogP contribution in [0, 0.1) is 22.6 Å². The number of primary amides is 1. The Morgan fingerprint density at radius 3 is 2.49 bits per heavy atom. The number of nitriles is 1. The number of halogens is 1. The summed E-state index contributed by atoms with van der Waals surface area (Å²) in [6.45, 7) is 9.50. The molecule has 2 aromatic heterocycles. The van der Waals surface area contributed by atoms with Gasteiger partial charge in [-0.2, -0.15) is 10.4 Å². The molecule has 1 fully saturated rings. The van der Waals surface area contributed by atoms with Crippen LogP contribution in [0.2, 0.25) is 0 Å². The largest absolute Gasteiger partial charge is 0.491 e. The van der Waals surface area contributed by atoms with Crippen molar-refractivity contribution in [2.24, 2.45) is 11.1 Å². The summed E-state index contributed by atoms with van der Waals surface area (Å²) in [6, 6.07) is 11.1. The topological polar surface area (TPSA) is 265 Å². The summed E-state index contributed by atoms with van der Waals surface area (Å²) in [5.74, 6) is -1.56. The maximum Gasteiger partial charge on any atom is 0.254 e. The molecule has 7 N–H and O–H groups in total. The number of hydrogen-bond donors (Lipinski definition) is 5. The van der Waals surface area contributed by atoms with Gasteiger partial charge in [0.05, 0.1) is 63.0 Å². The predicted molar refractivity (Wildman–Crippen MR) is 264 cm³/mol. The van der Waals surface area contributed by atoms with Gasteiger partial charge in [0, 0.05) is 62.4 Å². The number of hydrogen-bond acceptors (Lipinski definition) is 14. The van der Waals surface area contributed by atoms with E-state index in [1.807, 2.05) is 43.9 Å². The number of fused-ring (bicyclic) bond motifs is 9. The predicted octanol–water partition coefficient (Wildman–Crippen LogP) is 2.96. The second-order valence-electron chi connectivity index (χ2n) is 19.4. The van der Waals surface area contributed by atoms with E-state index in [0.717, 1.165) is 17.5 Å². The molecule has 2 bridgehead atoms. The van der Waals surface area contributed by atoms with Gasteiger partial charge in [-0.1, -0.05) is 26.8 Å². The van der Waals surface area contributed by atoms with Crippen LogP contribution in [0.1, 0.15) is 91.4 Å². The summed E-state index contributed by atoms with van der Waals surface area (Å²) in [6.07, 6.45) is 3.37. The lowest BCUT2D eigenvalue weighted by Gasteiger charge is -2.40. The van der Waals surface area contributed by atoms with Crippen LogP contribution in [-0.2, 0) is 54.7 Å². The van der Waals surface area contributed by atoms with E-state index in [0.29, 0.717) is 52.4 Å². The third-order valence-corrected chi connectivity index (χ3v) is 13.4. The normalized spacial score (nSPS) is 17.2. The van der Waals surface area contributed by atoms with Crippen LogP contribution in [-0.4, -0.2) is 132 Å². The van der Waals surface area contributed by atoms with Gasteiger partial charge in [0.1, 0.15) is 42.1 Å². The summed E-state index contributed by atoms with van der Waals surface area (Å²) in [7, 11) is 3.30. The van der Waals surface area contributed by atoms with E-state index in [9.17, 15) is 33.6 Å². The zero-order valence-corrected chi connectivity index (χ0v) is 41.8. The van der Waals surface area contributed by atoms with Crippen LogP contribution < -0.4 is 37.1 Å². The van der Waals surface area contributed by atoms with Crippen molar-refractivity contribution in [2.45, 2.75) is 97.2 Å². The van der Waals surface area contributed by atoms with Gasteiger partial charge in [0.2, 0.25) is 23.6 Å². The summed E-state index contributed by atoms with van der Waals surface area (Å²) in [5, 5.41) is 23.5.